The number of nitrogens with one attached hydrogen (secondary N) is 1. The zero-order chi connectivity index (χ0) is 12.7. The largest absolute Gasteiger partial charge is 0.314 e. The predicted molar refractivity (Wildman–Crippen MR) is 70.4 cm³/mol. The summed E-state index contributed by atoms with van der Waals surface area (Å²) in [6, 6.07) is 8.59. The fourth-order valence-corrected chi connectivity index (χ4v) is 2.16. The molecule has 0 fully saturated rings. The van der Waals surface area contributed by atoms with Crippen molar-refractivity contribution in [2.45, 2.75) is 17.9 Å². The highest BCUT2D eigenvalue weighted by Crippen LogP contribution is 2.10. The van der Waals surface area contributed by atoms with Crippen molar-refractivity contribution in [3.05, 3.63) is 54.0 Å². The fourth-order valence-electron chi connectivity index (χ4n) is 1.16. The minimum absolute atomic E-state index is 0.221. The van der Waals surface area contributed by atoms with Crippen molar-refractivity contribution < 1.29 is 8.42 Å². The second-order valence-electron chi connectivity index (χ2n) is 3.65. The first-order valence-electron chi connectivity index (χ1n) is 5.38. The average molecular weight is 251 g/mol. The Kier molecular flexibility index (Phi) is 5.12. The zero-order valence-electron chi connectivity index (χ0n) is 10.00. The van der Waals surface area contributed by atoms with Crippen molar-refractivity contribution in [2.75, 3.05) is 7.05 Å². The molecule has 1 unspecified atom stereocenters. The summed E-state index contributed by atoms with van der Waals surface area (Å²) < 4.78 is 23.6. The Morgan fingerprint density at radius 1 is 1.18 bits per heavy atom. The van der Waals surface area contributed by atoms with E-state index in [0.717, 1.165) is 0 Å². The minimum Gasteiger partial charge on any atom is -0.314 e. The number of hydrogen-bond donors (Lipinski definition) is 1. The first-order chi connectivity index (χ1) is 8.06. The van der Waals surface area contributed by atoms with Crippen LogP contribution in [0, 0.1) is 0 Å². The van der Waals surface area contributed by atoms with Gasteiger partial charge in [0, 0.05) is 11.4 Å². The lowest BCUT2D eigenvalue weighted by Crippen LogP contribution is -2.17. The van der Waals surface area contributed by atoms with Gasteiger partial charge in [-0.15, -0.1) is 0 Å². The van der Waals surface area contributed by atoms with Crippen molar-refractivity contribution in [2.24, 2.45) is 0 Å². The Bertz CT molecular complexity index is 489. The van der Waals surface area contributed by atoms with Gasteiger partial charge in [-0.05, 0) is 26.1 Å². The summed E-state index contributed by atoms with van der Waals surface area (Å²) in [5.41, 5.74) is 0. The number of sulfone groups is 1. The molecule has 0 aliphatic heterocycles. The lowest BCUT2D eigenvalue weighted by Gasteiger charge is -2.00. The van der Waals surface area contributed by atoms with Crippen LogP contribution in [-0.2, 0) is 9.84 Å². The quantitative estimate of drug-likeness (QED) is 0.816. The minimum atomic E-state index is -3.32. The maximum absolute atomic E-state index is 11.8. The van der Waals surface area contributed by atoms with Crippen LogP contribution in [0.15, 0.2) is 58.9 Å². The summed E-state index contributed by atoms with van der Waals surface area (Å²) in [5, 5.41) is 4.23. The molecule has 4 heteroatoms. The van der Waals surface area contributed by atoms with E-state index in [2.05, 4.69) is 5.32 Å². The van der Waals surface area contributed by atoms with E-state index in [4.69, 9.17) is 0 Å². The molecule has 1 aromatic rings. The standard InChI is InChI=1S/C13H17NO2S/c1-12(14-2)8-6-7-11-17(15,16)13-9-4-3-5-10-13/h3-12,14H,1-2H3/b8-6+,11-7+. The Balaban J connectivity index is 2.75. The third-order valence-electron chi connectivity index (χ3n) is 2.30. The SMILES string of the molecule is CNC(C)/C=C/C=C/S(=O)(=O)c1ccccc1. The van der Waals surface area contributed by atoms with E-state index in [9.17, 15) is 8.42 Å². The van der Waals surface area contributed by atoms with Crippen LogP contribution >= 0.6 is 0 Å². The van der Waals surface area contributed by atoms with Crippen LogP contribution < -0.4 is 5.32 Å². The topological polar surface area (TPSA) is 46.2 Å². The lowest BCUT2D eigenvalue weighted by molar-refractivity contribution is 0.604. The molecule has 1 atom stereocenters. The average Bonchev–Trinajstić information content (AvgIpc) is 2.35. The third kappa shape index (κ3) is 4.54. The molecule has 1 rings (SSSR count). The monoisotopic (exact) mass is 251 g/mol. The molecule has 0 spiro atoms. The Morgan fingerprint density at radius 2 is 1.82 bits per heavy atom. The van der Waals surface area contributed by atoms with Gasteiger partial charge in [-0.2, -0.15) is 0 Å². The van der Waals surface area contributed by atoms with Crippen molar-refractivity contribution in [3.63, 3.8) is 0 Å². The van der Waals surface area contributed by atoms with Crippen LogP contribution in [0.4, 0.5) is 0 Å². The molecule has 1 aromatic carbocycles. The summed E-state index contributed by atoms with van der Waals surface area (Å²) in [5.74, 6) is 0. The number of allylic oxidation sites excluding steroid dienone is 2. The molecule has 0 radical (unpaired) electrons. The molecule has 0 aromatic heterocycles. The van der Waals surface area contributed by atoms with Crippen molar-refractivity contribution in [1.82, 2.24) is 5.32 Å². The number of rotatable bonds is 5. The van der Waals surface area contributed by atoms with E-state index in [1.165, 1.54) is 11.5 Å². The summed E-state index contributed by atoms with van der Waals surface area (Å²) in [4.78, 5) is 0.311. The van der Waals surface area contributed by atoms with Gasteiger partial charge < -0.3 is 5.32 Å². The van der Waals surface area contributed by atoms with Gasteiger partial charge in [-0.3, -0.25) is 0 Å². The highest BCUT2D eigenvalue weighted by Gasteiger charge is 2.07. The molecule has 0 saturated carbocycles. The van der Waals surface area contributed by atoms with Crippen LogP contribution in [0.3, 0.4) is 0 Å². The molecular weight excluding hydrogens is 234 g/mol. The molecule has 0 saturated heterocycles. The molecule has 0 aliphatic carbocycles. The van der Waals surface area contributed by atoms with E-state index in [-0.39, 0.29) is 6.04 Å². The second-order valence-corrected chi connectivity index (χ2v) is 5.48. The summed E-state index contributed by atoms with van der Waals surface area (Å²) in [6.45, 7) is 1.98. The lowest BCUT2D eigenvalue weighted by atomic mass is 10.3. The van der Waals surface area contributed by atoms with Gasteiger partial charge in [0.05, 0.1) is 4.90 Å². The predicted octanol–water partition coefficient (Wildman–Crippen LogP) is 2.14. The molecule has 0 bridgehead atoms. The van der Waals surface area contributed by atoms with Gasteiger partial charge in [-0.1, -0.05) is 36.4 Å². The number of hydrogen-bond acceptors (Lipinski definition) is 3. The summed E-state index contributed by atoms with van der Waals surface area (Å²) in [7, 11) is -1.47. The fraction of sp³-hybridized carbons (Fsp3) is 0.231. The molecule has 92 valence electrons. The smallest absolute Gasteiger partial charge is 0.199 e. The first-order valence-corrected chi connectivity index (χ1v) is 6.93. The van der Waals surface area contributed by atoms with E-state index in [1.54, 1.807) is 36.4 Å². The van der Waals surface area contributed by atoms with Crippen molar-refractivity contribution in [3.8, 4) is 0 Å². The van der Waals surface area contributed by atoms with Gasteiger partial charge >= 0.3 is 0 Å². The third-order valence-corrected chi connectivity index (χ3v) is 3.74. The second kappa shape index (κ2) is 6.37. The summed E-state index contributed by atoms with van der Waals surface area (Å²) in [6.07, 6.45) is 5.15. The van der Waals surface area contributed by atoms with Gasteiger partial charge in [0.2, 0.25) is 0 Å². The van der Waals surface area contributed by atoms with Gasteiger partial charge in [0.1, 0.15) is 0 Å². The molecular formula is C13H17NO2S. The van der Waals surface area contributed by atoms with E-state index >= 15 is 0 Å². The van der Waals surface area contributed by atoms with E-state index < -0.39 is 9.84 Å². The molecule has 17 heavy (non-hydrogen) atoms. The Morgan fingerprint density at radius 3 is 2.41 bits per heavy atom. The molecule has 0 heterocycles. The van der Waals surface area contributed by atoms with Gasteiger partial charge in [0.15, 0.2) is 9.84 Å². The van der Waals surface area contributed by atoms with Crippen LogP contribution in [0.2, 0.25) is 0 Å². The molecule has 0 aliphatic rings. The maximum atomic E-state index is 11.8. The highest BCUT2D eigenvalue weighted by molar-refractivity contribution is 7.94. The molecule has 1 N–H and O–H groups in total. The number of likely N-dealkylation sites (N-methyl/N-ethyl adjacent to an activating group) is 1. The Labute approximate surface area is 103 Å². The van der Waals surface area contributed by atoms with E-state index in [0.29, 0.717) is 4.90 Å². The van der Waals surface area contributed by atoms with Crippen LogP contribution in [0.1, 0.15) is 6.92 Å². The normalized spacial score (nSPS) is 14.5. The summed E-state index contributed by atoms with van der Waals surface area (Å²) >= 11 is 0. The van der Waals surface area contributed by atoms with Crippen molar-refractivity contribution in [1.29, 1.82) is 0 Å². The number of benzene rings is 1. The highest BCUT2D eigenvalue weighted by atomic mass is 32.2. The van der Waals surface area contributed by atoms with Crippen LogP contribution in [0.25, 0.3) is 0 Å². The van der Waals surface area contributed by atoms with Crippen LogP contribution in [0.5, 0.6) is 0 Å². The zero-order valence-corrected chi connectivity index (χ0v) is 10.8. The van der Waals surface area contributed by atoms with Gasteiger partial charge in [-0.25, -0.2) is 8.42 Å². The Hall–Kier alpha value is -1.39. The van der Waals surface area contributed by atoms with E-state index in [1.807, 2.05) is 20.0 Å². The van der Waals surface area contributed by atoms with Crippen LogP contribution in [-0.4, -0.2) is 21.5 Å². The first kappa shape index (κ1) is 13.7. The van der Waals surface area contributed by atoms with Gasteiger partial charge in [0.25, 0.3) is 0 Å². The maximum Gasteiger partial charge on any atom is 0.199 e. The van der Waals surface area contributed by atoms with Crippen molar-refractivity contribution >= 4 is 9.84 Å². The molecule has 3 nitrogen and oxygen atoms in total. The molecule has 0 amide bonds.